The van der Waals surface area contributed by atoms with Gasteiger partial charge in [-0.25, -0.2) is 4.52 Å². The molecule has 0 spiro atoms. The number of nitrogens with zero attached hydrogens (tertiary/aromatic N) is 2. The number of benzene rings is 1. The Balaban J connectivity index is 1.32. The van der Waals surface area contributed by atoms with Gasteiger partial charge in [0.25, 0.3) is 0 Å². The van der Waals surface area contributed by atoms with E-state index in [9.17, 15) is 4.57 Å². The number of hydrogen-bond acceptors (Lipinski definition) is 7. The maximum atomic E-state index is 12.4. The molecule has 35 heavy (non-hydrogen) atoms. The van der Waals surface area contributed by atoms with E-state index in [0.717, 1.165) is 59.3 Å². The van der Waals surface area contributed by atoms with Crippen LogP contribution in [0.2, 0.25) is 0 Å². The van der Waals surface area contributed by atoms with Crippen LogP contribution in [-0.2, 0) is 4.57 Å². The first kappa shape index (κ1) is 24.1. The highest BCUT2D eigenvalue weighted by Crippen LogP contribution is 2.52. The van der Waals surface area contributed by atoms with Crippen LogP contribution in [0, 0.1) is 11.8 Å². The Morgan fingerprint density at radius 3 is 2.77 bits per heavy atom. The molecule has 3 aliphatic rings. The zero-order valence-electron chi connectivity index (χ0n) is 20.4. The van der Waals surface area contributed by atoms with Crippen molar-refractivity contribution in [3.05, 3.63) is 42.1 Å². The number of fused-ring (bicyclic) bond motifs is 3. The molecule has 0 amide bonds. The normalized spacial score (nSPS) is 23.2. The molecular weight excluding hydrogens is 477 g/mol. The third-order valence-corrected chi connectivity index (χ3v) is 9.08. The SMILES string of the molecule is COc1cc(P(C)(C)=O)ccc1NCC#Cc1nn2c(NC34CCCC(N)(C3)C4)cccc2c1S. The summed E-state index contributed by atoms with van der Waals surface area (Å²) in [7, 11) is -0.755. The number of nitrogens with two attached hydrogens (primary N) is 1. The van der Waals surface area contributed by atoms with Gasteiger partial charge in [0.15, 0.2) is 0 Å². The van der Waals surface area contributed by atoms with E-state index in [-0.39, 0.29) is 11.1 Å². The van der Waals surface area contributed by atoms with Crippen molar-refractivity contribution < 1.29 is 9.30 Å². The average molecular weight is 510 g/mol. The van der Waals surface area contributed by atoms with E-state index in [4.69, 9.17) is 28.2 Å². The smallest absolute Gasteiger partial charge is 0.149 e. The van der Waals surface area contributed by atoms with Gasteiger partial charge in [-0.3, -0.25) is 0 Å². The quantitative estimate of drug-likeness (QED) is 0.226. The van der Waals surface area contributed by atoms with Crippen molar-refractivity contribution in [1.82, 2.24) is 9.61 Å². The van der Waals surface area contributed by atoms with Gasteiger partial charge < -0.3 is 25.7 Å². The molecule has 7 nitrogen and oxygen atoms in total. The van der Waals surface area contributed by atoms with Gasteiger partial charge in [-0.2, -0.15) is 5.10 Å². The third-order valence-electron chi connectivity index (χ3n) is 7.12. The van der Waals surface area contributed by atoms with Gasteiger partial charge in [0.05, 0.1) is 29.8 Å². The van der Waals surface area contributed by atoms with Crippen LogP contribution in [0.3, 0.4) is 0 Å². The predicted molar refractivity (Wildman–Crippen MR) is 146 cm³/mol. The second-order valence-corrected chi connectivity index (χ2v) is 13.9. The Hall–Kier alpha value is -2.59. The largest absolute Gasteiger partial charge is 0.495 e. The molecule has 0 atom stereocenters. The summed E-state index contributed by atoms with van der Waals surface area (Å²) in [5.74, 6) is 7.87. The van der Waals surface area contributed by atoms with E-state index in [2.05, 4.69) is 22.5 Å². The average Bonchev–Trinajstić information content (AvgIpc) is 3.12. The topological polar surface area (TPSA) is 93.7 Å². The van der Waals surface area contributed by atoms with Crippen molar-refractivity contribution in [2.24, 2.45) is 5.73 Å². The summed E-state index contributed by atoms with van der Waals surface area (Å²) in [6.07, 6.45) is 5.41. The Kier molecular flexibility index (Phi) is 6.07. The van der Waals surface area contributed by atoms with Gasteiger partial charge in [0.1, 0.15) is 24.4 Å². The number of thiol groups is 1. The van der Waals surface area contributed by atoms with Gasteiger partial charge in [-0.15, -0.1) is 12.6 Å². The number of aromatic nitrogens is 2. The standard InChI is InChI=1S/C26H32N5O2PS/c1-33-22-15-18(34(2,3)32)10-11-19(22)28-14-5-7-20-24(35)21-8-4-9-23(31(21)30-20)29-26-13-6-12-25(27,16-26)17-26/h4,8-11,15,28-29,35H,6,12-14,16-17,27H2,1-3H3. The third kappa shape index (κ3) is 4.65. The first-order valence-electron chi connectivity index (χ1n) is 11.9. The number of pyridine rings is 1. The lowest BCUT2D eigenvalue weighted by Crippen LogP contribution is -2.68. The van der Waals surface area contributed by atoms with Crippen molar-refractivity contribution in [1.29, 1.82) is 0 Å². The molecular formula is C26H32N5O2PS. The Bertz CT molecular complexity index is 1390. The molecule has 1 aromatic carbocycles. The first-order valence-corrected chi connectivity index (χ1v) is 14.9. The second kappa shape index (κ2) is 8.81. The molecule has 2 heterocycles. The molecule has 3 saturated carbocycles. The zero-order chi connectivity index (χ0) is 24.8. The van der Waals surface area contributed by atoms with Crippen LogP contribution in [0.5, 0.6) is 5.75 Å². The fourth-order valence-electron chi connectivity index (χ4n) is 5.52. The van der Waals surface area contributed by atoms with Crippen molar-refractivity contribution in [3.63, 3.8) is 0 Å². The molecule has 3 fully saturated rings. The molecule has 0 saturated heterocycles. The van der Waals surface area contributed by atoms with E-state index >= 15 is 0 Å². The minimum atomic E-state index is -2.36. The lowest BCUT2D eigenvalue weighted by molar-refractivity contribution is 0.0623. The summed E-state index contributed by atoms with van der Waals surface area (Å²) in [6.45, 7) is 3.90. The number of nitrogens with one attached hydrogen (secondary N) is 2. The predicted octanol–water partition coefficient (Wildman–Crippen LogP) is 4.17. The van der Waals surface area contributed by atoms with Gasteiger partial charge in [-0.1, -0.05) is 12.0 Å². The van der Waals surface area contributed by atoms with Crippen molar-refractivity contribution >= 4 is 42.1 Å². The van der Waals surface area contributed by atoms with E-state index in [1.54, 1.807) is 20.4 Å². The zero-order valence-corrected chi connectivity index (χ0v) is 22.2. The molecule has 184 valence electrons. The summed E-state index contributed by atoms with van der Waals surface area (Å²) >= 11 is 4.71. The van der Waals surface area contributed by atoms with Gasteiger partial charge >= 0.3 is 0 Å². The second-order valence-electron chi connectivity index (χ2n) is 10.3. The van der Waals surface area contributed by atoms with Gasteiger partial charge in [0.2, 0.25) is 0 Å². The molecule has 3 aliphatic carbocycles. The molecule has 0 unspecified atom stereocenters. The monoisotopic (exact) mass is 509 g/mol. The van der Waals surface area contributed by atoms with Crippen LogP contribution in [0.25, 0.3) is 5.52 Å². The van der Waals surface area contributed by atoms with Crippen LogP contribution < -0.4 is 26.4 Å². The highest BCUT2D eigenvalue weighted by atomic mass is 32.1. The van der Waals surface area contributed by atoms with Crippen molar-refractivity contribution in [2.75, 3.05) is 37.6 Å². The Morgan fingerprint density at radius 2 is 2.06 bits per heavy atom. The lowest BCUT2D eigenvalue weighted by atomic mass is 9.55. The minimum absolute atomic E-state index is 0.00263. The Labute approximate surface area is 212 Å². The van der Waals surface area contributed by atoms with Crippen LogP contribution in [-0.4, -0.2) is 47.7 Å². The summed E-state index contributed by atoms with van der Waals surface area (Å²) in [6, 6.07) is 11.6. The van der Waals surface area contributed by atoms with E-state index in [0.29, 0.717) is 18.0 Å². The van der Waals surface area contributed by atoms with Gasteiger partial charge in [-0.05, 0) is 81.7 Å². The molecule has 2 bridgehead atoms. The summed E-state index contributed by atoms with van der Waals surface area (Å²) in [4.78, 5) is 0.757. The highest BCUT2D eigenvalue weighted by Gasteiger charge is 2.55. The van der Waals surface area contributed by atoms with E-state index in [1.807, 2.05) is 40.9 Å². The Morgan fingerprint density at radius 1 is 1.26 bits per heavy atom. The summed E-state index contributed by atoms with van der Waals surface area (Å²) < 4.78 is 19.7. The number of ether oxygens (including phenoxy) is 1. The summed E-state index contributed by atoms with van der Waals surface area (Å²) in [5, 5.41) is 12.5. The van der Waals surface area contributed by atoms with Crippen molar-refractivity contribution in [3.8, 4) is 17.6 Å². The fraction of sp³-hybridized carbons (Fsp3) is 0.423. The maximum absolute atomic E-state index is 12.4. The molecule has 3 aromatic rings. The van der Waals surface area contributed by atoms with E-state index < -0.39 is 7.14 Å². The molecule has 2 aromatic heterocycles. The number of rotatable bonds is 6. The van der Waals surface area contributed by atoms with Crippen LogP contribution in [0.15, 0.2) is 41.3 Å². The molecule has 4 N–H and O–H groups in total. The molecule has 0 radical (unpaired) electrons. The number of anilines is 2. The first-order chi connectivity index (χ1) is 16.6. The molecule has 0 aliphatic heterocycles. The highest BCUT2D eigenvalue weighted by molar-refractivity contribution is 7.80. The number of methoxy groups -OCH3 is 1. The van der Waals surface area contributed by atoms with Crippen LogP contribution >= 0.6 is 19.8 Å². The van der Waals surface area contributed by atoms with Crippen LogP contribution in [0.4, 0.5) is 11.5 Å². The molecule has 9 heteroatoms. The van der Waals surface area contributed by atoms with Crippen LogP contribution in [0.1, 0.15) is 37.8 Å². The minimum Gasteiger partial charge on any atom is -0.495 e. The van der Waals surface area contributed by atoms with E-state index in [1.165, 1.54) is 0 Å². The lowest BCUT2D eigenvalue weighted by Gasteiger charge is -2.59. The maximum Gasteiger partial charge on any atom is 0.149 e. The fourth-order valence-corrected chi connectivity index (χ4v) is 6.65. The number of hydrogen-bond donors (Lipinski definition) is 4. The van der Waals surface area contributed by atoms with Gasteiger partial charge in [0, 0.05) is 16.4 Å². The van der Waals surface area contributed by atoms with Crippen molar-refractivity contribution in [2.45, 2.75) is 48.1 Å². The molecule has 6 rings (SSSR count). The summed E-state index contributed by atoms with van der Waals surface area (Å²) in [5.41, 5.74) is 8.87.